The van der Waals surface area contributed by atoms with Gasteiger partial charge >= 0.3 is 5.97 Å². The van der Waals surface area contributed by atoms with E-state index in [1.807, 2.05) is 61.4 Å². The molecule has 12 heteroatoms. The minimum atomic E-state index is -0.647. The van der Waals surface area contributed by atoms with Crippen molar-refractivity contribution < 1.29 is 14.7 Å². The number of carboxylic acid groups (broad SMARTS) is 1. The van der Waals surface area contributed by atoms with Gasteiger partial charge in [-0.2, -0.15) is 5.10 Å². The van der Waals surface area contributed by atoms with Crippen molar-refractivity contribution in [3.05, 3.63) is 60.3 Å². The molecule has 224 valence electrons. The van der Waals surface area contributed by atoms with Crippen molar-refractivity contribution in [2.45, 2.75) is 44.7 Å². The van der Waals surface area contributed by atoms with Crippen molar-refractivity contribution >= 4 is 41.0 Å². The monoisotopic (exact) mass is 594 g/mol. The molecule has 2 saturated heterocycles. The van der Waals surface area contributed by atoms with Crippen molar-refractivity contribution in [3.8, 4) is 11.3 Å². The molecule has 4 aromatic rings. The lowest BCUT2D eigenvalue weighted by atomic mass is 9.99. The summed E-state index contributed by atoms with van der Waals surface area (Å²) in [6.45, 7) is 3.37. The van der Waals surface area contributed by atoms with Crippen LogP contribution in [0.5, 0.6) is 0 Å². The Labute approximate surface area is 251 Å². The number of hydrogen-bond acceptors (Lipinski definition) is 7. The number of carbonyl (C=O) groups is 2. The second-order valence-electron chi connectivity index (χ2n) is 11.0. The Kier molecular flexibility index (Phi) is 10.7. The highest BCUT2D eigenvalue weighted by Gasteiger charge is 2.27. The quantitative estimate of drug-likeness (QED) is 0.304. The molecular weight excluding hydrogens is 556 g/mol. The number of anilines is 1. The Morgan fingerprint density at radius 1 is 1.05 bits per heavy atom. The normalized spacial score (nSPS) is 19.4. The van der Waals surface area contributed by atoms with Gasteiger partial charge in [-0.25, -0.2) is 4.68 Å². The standard InChI is InChI=1S/C23H25N7O.C7H13NO2.ClH/c1-29-12-6-5-9-21(29)23(31)24-22-18-13-17(10-11-19(18)25-27-22)20-15-30(28-26-20)14-16-7-3-2-4-8-16;1-8-4-2-3-6(5-8)7(9)10;/h2-4,7-8,10-11,13,15,21H,5-6,9,12,14H2,1H3,(H2,24,25,27,31);6H,2-5H2,1H3,(H,9,10);1H. The van der Waals surface area contributed by atoms with Gasteiger partial charge in [-0.3, -0.25) is 19.6 Å². The van der Waals surface area contributed by atoms with Gasteiger partial charge in [0.2, 0.25) is 5.91 Å². The molecule has 2 aliphatic heterocycles. The predicted molar refractivity (Wildman–Crippen MR) is 165 cm³/mol. The van der Waals surface area contributed by atoms with E-state index in [0.29, 0.717) is 12.4 Å². The number of nitrogens with one attached hydrogen (secondary N) is 2. The fourth-order valence-corrected chi connectivity index (χ4v) is 5.52. The number of hydrogen-bond donors (Lipinski definition) is 3. The van der Waals surface area contributed by atoms with Crippen molar-refractivity contribution in [1.29, 1.82) is 0 Å². The second-order valence-corrected chi connectivity index (χ2v) is 11.0. The summed E-state index contributed by atoms with van der Waals surface area (Å²) in [7, 11) is 3.97. The smallest absolute Gasteiger partial charge is 0.307 e. The lowest BCUT2D eigenvalue weighted by molar-refractivity contribution is -0.143. The Morgan fingerprint density at radius 2 is 1.86 bits per heavy atom. The van der Waals surface area contributed by atoms with Gasteiger partial charge in [0.1, 0.15) is 5.69 Å². The molecule has 11 nitrogen and oxygen atoms in total. The number of likely N-dealkylation sites (N-methyl/N-ethyl adjacent to an activating group) is 1. The van der Waals surface area contributed by atoms with Crippen LogP contribution in [0.2, 0.25) is 0 Å². The van der Waals surface area contributed by atoms with Crippen LogP contribution in [-0.4, -0.2) is 91.7 Å². The summed E-state index contributed by atoms with van der Waals surface area (Å²) in [5.41, 5.74) is 3.75. The van der Waals surface area contributed by atoms with E-state index in [0.717, 1.165) is 73.9 Å². The van der Waals surface area contributed by atoms with Gasteiger partial charge in [-0.1, -0.05) is 48.0 Å². The number of fused-ring (bicyclic) bond motifs is 1. The molecule has 0 spiro atoms. The second kappa shape index (κ2) is 14.4. The summed E-state index contributed by atoms with van der Waals surface area (Å²) in [4.78, 5) is 27.5. The lowest BCUT2D eigenvalue weighted by Crippen LogP contribution is -2.44. The molecule has 42 heavy (non-hydrogen) atoms. The maximum absolute atomic E-state index is 12.8. The third-order valence-corrected chi connectivity index (χ3v) is 7.87. The van der Waals surface area contributed by atoms with Gasteiger partial charge < -0.3 is 15.3 Å². The fourth-order valence-electron chi connectivity index (χ4n) is 5.52. The molecule has 0 radical (unpaired) electrons. The summed E-state index contributed by atoms with van der Waals surface area (Å²) < 4.78 is 1.83. The zero-order chi connectivity index (χ0) is 28.8. The molecule has 0 bridgehead atoms. The van der Waals surface area contributed by atoms with Crippen LogP contribution in [0.1, 0.15) is 37.7 Å². The molecule has 2 atom stereocenters. The maximum atomic E-state index is 12.8. The van der Waals surface area contributed by atoms with Gasteiger partial charge in [-0.15, -0.1) is 17.5 Å². The van der Waals surface area contributed by atoms with Gasteiger partial charge in [0.15, 0.2) is 5.82 Å². The lowest BCUT2D eigenvalue weighted by Gasteiger charge is -2.30. The number of aliphatic carboxylic acids is 1. The number of likely N-dealkylation sites (tertiary alicyclic amines) is 2. The first-order valence-electron chi connectivity index (χ1n) is 14.2. The molecule has 6 rings (SSSR count). The molecule has 2 unspecified atom stereocenters. The summed E-state index contributed by atoms with van der Waals surface area (Å²) in [6.07, 6.45) is 6.89. The minimum Gasteiger partial charge on any atom is -0.481 e. The van der Waals surface area contributed by atoms with Crippen LogP contribution >= 0.6 is 12.4 Å². The average molecular weight is 595 g/mol. The number of benzene rings is 2. The highest BCUT2D eigenvalue weighted by Crippen LogP contribution is 2.27. The van der Waals surface area contributed by atoms with E-state index in [9.17, 15) is 9.59 Å². The first-order valence-corrected chi connectivity index (χ1v) is 14.2. The Hall–Kier alpha value is -3.80. The Balaban J connectivity index is 0.000000314. The van der Waals surface area contributed by atoms with Crippen molar-refractivity contribution in [1.82, 2.24) is 35.0 Å². The van der Waals surface area contributed by atoms with Crippen LogP contribution in [0.25, 0.3) is 22.2 Å². The van der Waals surface area contributed by atoms with E-state index in [1.54, 1.807) is 0 Å². The van der Waals surface area contributed by atoms with Crippen LogP contribution in [-0.2, 0) is 16.1 Å². The average Bonchev–Trinajstić information content (AvgIpc) is 3.61. The Morgan fingerprint density at radius 3 is 2.57 bits per heavy atom. The van der Waals surface area contributed by atoms with E-state index in [1.165, 1.54) is 5.56 Å². The number of amides is 1. The first-order chi connectivity index (χ1) is 19.9. The number of halogens is 1. The van der Waals surface area contributed by atoms with Crippen LogP contribution < -0.4 is 5.32 Å². The molecule has 2 aromatic carbocycles. The van der Waals surface area contributed by atoms with Gasteiger partial charge in [-0.05, 0) is 70.6 Å². The molecule has 0 aliphatic carbocycles. The minimum absolute atomic E-state index is 0. The zero-order valence-electron chi connectivity index (χ0n) is 24.1. The molecule has 0 saturated carbocycles. The van der Waals surface area contributed by atoms with Gasteiger partial charge in [0.05, 0.1) is 30.2 Å². The highest BCUT2D eigenvalue weighted by atomic mass is 35.5. The van der Waals surface area contributed by atoms with Crippen LogP contribution in [0.3, 0.4) is 0 Å². The summed E-state index contributed by atoms with van der Waals surface area (Å²) in [5, 5.41) is 28.4. The van der Waals surface area contributed by atoms with Gasteiger partial charge in [0.25, 0.3) is 0 Å². The molecule has 2 fully saturated rings. The molecule has 2 aliphatic rings. The highest BCUT2D eigenvalue weighted by molar-refractivity contribution is 6.02. The molecular formula is C30H39ClN8O3. The van der Waals surface area contributed by atoms with Crippen molar-refractivity contribution in [2.24, 2.45) is 5.92 Å². The Bertz CT molecular complexity index is 1470. The number of aromatic amines is 1. The van der Waals surface area contributed by atoms with E-state index in [4.69, 9.17) is 5.11 Å². The van der Waals surface area contributed by atoms with Crippen molar-refractivity contribution in [3.63, 3.8) is 0 Å². The number of nitrogens with zero attached hydrogens (tertiary/aromatic N) is 6. The predicted octanol–water partition coefficient (Wildman–Crippen LogP) is 4.13. The number of piperidine rings is 2. The van der Waals surface area contributed by atoms with E-state index >= 15 is 0 Å². The summed E-state index contributed by atoms with van der Waals surface area (Å²) >= 11 is 0. The third kappa shape index (κ3) is 7.72. The van der Waals surface area contributed by atoms with Gasteiger partial charge in [0, 0.05) is 17.5 Å². The summed E-state index contributed by atoms with van der Waals surface area (Å²) in [6, 6.07) is 16.0. The largest absolute Gasteiger partial charge is 0.481 e. The van der Waals surface area contributed by atoms with Crippen molar-refractivity contribution in [2.75, 3.05) is 39.0 Å². The van der Waals surface area contributed by atoms with E-state index in [-0.39, 0.29) is 30.3 Å². The topological polar surface area (TPSA) is 132 Å². The molecule has 4 heterocycles. The SMILES string of the molecule is CN1CCCC(C(=O)O)C1.CN1CCCCC1C(=O)Nc1n[nH]c2ccc(-c3cn(Cc4ccccc4)nn3)cc12.Cl. The molecule has 1 amide bonds. The van der Waals surface area contributed by atoms with E-state index in [2.05, 4.69) is 47.8 Å². The molecule has 3 N–H and O–H groups in total. The number of carbonyl (C=O) groups excluding carboxylic acids is 1. The number of carboxylic acids is 1. The maximum Gasteiger partial charge on any atom is 0.307 e. The number of H-pyrrole nitrogens is 1. The number of aromatic nitrogens is 5. The molecule has 2 aromatic heterocycles. The fraction of sp³-hybridized carbons (Fsp3) is 0.433. The van der Waals surface area contributed by atoms with Crippen LogP contribution in [0, 0.1) is 5.92 Å². The van der Waals surface area contributed by atoms with Crippen LogP contribution in [0.4, 0.5) is 5.82 Å². The zero-order valence-corrected chi connectivity index (χ0v) is 24.9. The number of rotatable bonds is 6. The third-order valence-electron chi connectivity index (χ3n) is 7.87. The van der Waals surface area contributed by atoms with E-state index < -0.39 is 5.97 Å². The summed E-state index contributed by atoms with van der Waals surface area (Å²) in [5.74, 6) is -0.224. The van der Waals surface area contributed by atoms with Crippen LogP contribution in [0.15, 0.2) is 54.7 Å². The first kappa shape index (κ1) is 31.1.